The molecule has 0 amide bonds. The van der Waals surface area contributed by atoms with E-state index in [0.29, 0.717) is 11.5 Å². The Morgan fingerprint density at radius 1 is 1.20 bits per heavy atom. The number of sulfonamides is 1. The Balaban J connectivity index is 2.40. The minimum atomic E-state index is -3.71. The lowest BCUT2D eigenvalue weighted by molar-refractivity contribution is 0.594. The maximum atomic E-state index is 12.9. The molecule has 1 aromatic heterocycles. The van der Waals surface area contributed by atoms with Crippen LogP contribution < -0.4 is 9.62 Å². The minimum absolute atomic E-state index is 0.115. The molecule has 7 heteroatoms. The third kappa shape index (κ3) is 2.72. The van der Waals surface area contributed by atoms with E-state index < -0.39 is 15.8 Å². The van der Waals surface area contributed by atoms with Crippen molar-refractivity contribution in [2.45, 2.75) is 4.90 Å². The van der Waals surface area contributed by atoms with Crippen molar-refractivity contribution in [1.29, 1.82) is 0 Å². The summed E-state index contributed by atoms with van der Waals surface area (Å²) in [4.78, 5) is 4.09. The average molecular weight is 295 g/mol. The highest BCUT2D eigenvalue weighted by Gasteiger charge is 2.21. The molecule has 0 aliphatic rings. The van der Waals surface area contributed by atoms with Crippen molar-refractivity contribution < 1.29 is 12.8 Å². The smallest absolute Gasteiger partial charge is 0.264 e. The third-order valence-electron chi connectivity index (χ3n) is 2.84. The Morgan fingerprint density at radius 2 is 1.85 bits per heavy atom. The molecule has 0 aliphatic heterocycles. The molecule has 2 rings (SSSR count). The highest BCUT2D eigenvalue weighted by atomic mass is 32.2. The van der Waals surface area contributed by atoms with Gasteiger partial charge in [-0.15, -0.1) is 0 Å². The van der Waals surface area contributed by atoms with Crippen LogP contribution in [0, 0.1) is 5.82 Å². The van der Waals surface area contributed by atoms with Crippen LogP contribution >= 0.6 is 0 Å². The zero-order chi connectivity index (χ0) is 14.8. The number of rotatable bonds is 4. The van der Waals surface area contributed by atoms with Crippen LogP contribution in [0.25, 0.3) is 0 Å². The molecule has 0 radical (unpaired) electrons. The van der Waals surface area contributed by atoms with Gasteiger partial charge in [0.15, 0.2) is 0 Å². The second kappa shape index (κ2) is 5.46. The Hall–Kier alpha value is -2.15. The largest absolute Gasteiger partial charge is 0.373 e. The Bertz CT molecular complexity index is 702. The molecule has 0 aliphatic carbocycles. The van der Waals surface area contributed by atoms with Crippen LogP contribution in [0.3, 0.4) is 0 Å². The molecule has 20 heavy (non-hydrogen) atoms. The molecule has 0 spiro atoms. The molecule has 0 bridgehead atoms. The second-order valence-corrected chi connectivity index (χ2v) is 6.04. The molecular formula is C13H14FN3O2S. The molecule has 0 unspecified atom stereocenters. The zero-order valence-electron chi connectivity index (χ0n) is 11.0. The first kappa shape index (κ1) is 14.3. The van der Waals surface area contributed by atoms with Gasteiger partial charge in [-0.2, -0.15) is 0 Å². The summed E-state index contributed by atoms with van der Waals surface area (Å²) in [6.07, 6.45) is 1.41. The maximum Gasteiger partial charge on any atom is 0.264 e. The van der Waals surface area contributed by atoms with Gasteiger partial charge in [0, 0.05) is 26.4 Å². The normalized spacial score (nSPS) is 11.2. The number of hydrogen-bond acceptors (Lipinski definition) is 4. The van der Waals surface area contributed by atoms with E-state index in [-0.39, 0.29) is 4.90 Å². The summed E-state index contributed by atoms with van der Waals surface area (Å²) in [5.41, 5.74) is 0.384. The minimum Gasteiger partial charge on any atom is -0.373 e. The van der Waals surface area contributed by atoms with E-state index in [0.717, 1.165) is 4.31 Å². The van der Waals surface area contributed by atoms with Crippen molar-refractivity contribution >= 4 is 21.5 Å². The van der Waals surface area contributed by atoms with Gasteiger partial charge in [-0.05, 0) is 30.3 Å². The molecule has 2 aromatic rings. The Labute approximate surface area is 117 Å². The number of anilines is 2. The predicted octanol–water partition coefficient (Wildman–Crippen LogP) is 2.09. The summed E-state index contributed by atoms with van der Waals surface area (Å²) in [7, 11) is -0.633. The summed E-state index contributed by atoms with van der Waals surface area (Å²) in [6, 6.07) is 8.10. The van der Waals surface area contributed by atoms with Gasteiger partial charge in [-0.25, -0.2) is 17.8 Å². The van der Waals surface area contributed by atoms with Gasteiger partial charge in [0.05, 0.1) is 10.6 Å². The zero-order valence-corrected chi connectivity index (χ0v) is 11.9. The molecule has 1 heterocycles. The number of halogens is 1. The quantitative estimate of drug-likeness (QED) is 0.938. The van der Waals surface area contributed by atoms with Crippen molar-refractivity contribution in [3.8, 4) is 0 Å². The Kier molecular flexibility index (Phi) is 3.89. The topological polar surface area (TPSA) is 62.3 Å². The number of pyridine rings is 1. The number of aromatic nitrogens is 1. The second-order valence-electron chi connectivity index (χ2n) is 4.08. The first-order valence-corrected chi connectivity index (χ1v) is 7.27. The number of hydrogen-bond donors (Lipinski definition) is 1. The van der Waals surface area contributed by atoms with Gasteiger partial charge >= 0.3 is 0 Å². The fourth-order valence-electron chi connectivity index (χ4n) is 1.66. The van der Waals surface area contributed by atoms with Crippen LogP contribution in [0.2, 0.25) is 0 Å². The molecule has 106 valence electrons. The maximum absolute atomic E-state index is 12.9. The molecule has 0 saturated heterocycles. The van der Waals surface area contributed by atoms with Gasteiger partial charge in [-0.1, -0.05) is 0 Å². The number of nitrogens with zero attached hydrogens (tertiary/aromatic N) is 2. The SMILES string of the molecule is CNc1cc(S(=O)(=O)N(C)c2ccc(F)cc2)ccn1. The number of benzene rings is 1. The van der Waals surface area contributed by atoms with E-state index in [9.17, 15) is 12.8 Å². The van der Waals surface area contributed by atoms with Crippen LogP contribution in [0.5, 0.6) is 0 Å². The van der Waals surface area contributed by atoms with Crippen LogP contribution in [-0.2, 0) is 10.0 Å². The molecule has 0 fully saturated rings. The molecule has 0 saturated carbocycles. The van der Waals surface area contributed by atoms with Crippen molar-refractivity contribution in [2.75, 3.05) is 23.7 Å². The first-order valence-electron chi connectivity index (χ1n) is 5.83. The monoisotopic (exact) mass is 295 g/mol. The predicted molar refractivity (Wildman–Crippen MR) is 75.8 cm³/mol. The van der Waals surface area contributed by atoms with E-state index in [1.54, 1.807) is 7.05 Å². The summed E-state index contributed by atoms with van der Waals surface area (Å²) in [5, 5.41) is 2.78. The van der Waals surface area contributed by atoms with Crippen LogP contribution in [-0.4, -0.2) is 27.5 Å². The molecule has 1 N–H and O–H groups in total. The third-order valence-corrected chi connectivity index (χ3v) is 4.62. The fourth-order valence-corrected chi connectivity index (χ4v) is 2.87. The summed E-state index contributed by atoms with van der Waals surface area (Å²) in [5.74, 6) is 0.0412. The van der Waals surface area contributed by atoms with Crippen LogP contribution in [0.4, 0.5) is 15.9 Å². The van der Waals surface area contributed by atoms with Gasteiger partial charge in [-0.3, -0.25) is 4.31 Å². The lowest BCUT2D eigenvalue weighted by atomic mass is 10.3. The van der Waals surface area contributed by atoms with Crippen LogP contribution in [0.1, 0.15) is 0 Å². The van der Waals surface area contributed by atoms with Gasteiger partial charge in [0.1, 0.15) is 11.6 Å². The van der Waals surface area contributed by atoms with E-state index >= 15 is 0 Å². The number of nitrogens with one attached hydrogen (secondary N) is 1. The van der Waals surface area contributed by atoms with Crippen molar-refractivity contribution in [1.82, 2.24) is 4.98 Å². The fraction of sp³-hybridized carbons (Fsp3) is 0.154. The van der Waals surface area contributed by atoms with Gasteiger partial charge < -0.3 is 5.32 Å². The summed E-state index contributed by atoms with van der Waals surface area (Å²) < 4.78 is 38.9. The Morgan fingerprint density at radius 3 is 2.45 bits per heavy atom. The van der Waals surface area contributed by atoms with Crippen LogP contribution in [0.15, 0.2) is 47.5 Å². The van der Waals surface area contributed by atoms with Crippen molar-refractivity contribution in [2.24, 2.45) is 0 Å². The molecular weight excluding hydrogens is 281 g/mol. The standard InChI is InChI=1S/C13H14FN3O2S/c1-15-13-9-12(7-8-16-13)20(18,19)17(2)11-5-3-10(14)4-6-11/h3-9H,1-2H3,(H,15,16). The molecule has 1 aromatic carbocycles. The lowest BCUT2D eigenvalue weighted by Gasteiger charge is -2.19. The first-order chi connectivity index (χ1) is 9.45. The van der Waals surface area contributed by atoms with E-state index in [1.165, 1.54) is 49.6 Å². The highest BCUT2D eigenvalue weighted by Crippen LogP contribution is 2.23. The van der Waals surface area contributed by atoms with Crippen molar-refractivity contribution in [3.63, 3.8) is 0 Å². The van der Waals surface area contributed by atoms with Crippen molar-refractivity contribution in [3.05, 3.63) is 48.4 Å². The average Bonchev–Trinajstić information content (AvgIpc) is 2.47. The van der Waals surface area contributed by atoms with Gasteiger partial charge in [0.2, 0.25) is 0 Å². The molecule has 5 nitrogen and oxygen atoms in total. The highest BCUT2D eigenvalue weighted by molar-refractivity contribution is 7.92. The van der Waals surface area contributed by atoms with E-state index in [4.69, 9.17) is 0 Å². The molecule has 0 atom stereocenters. The van der Waals surface area contributed by atoms with Gasteiger partial charge in [0.25, 0.3) is 10.0 Å². The lowest BCUT2D eigenvalue weighted by Crippen LogP contribution is -2.26. The summed E-state index contributed by atoms with van der Waals surface area (Å²) >= 11 is 0. The van der Waals surface area contributed by atoms with E-state index in [2.05, 4.69) is 10.3 Å². The summed E-state index contributed by atoms with van der Waals surface area (Å²) in [6.45, 7) is 0. The van der Waals surface area contributed by atoms with E-state index in [1.807, 2.05) is 0 Å².